The normalized spacial score (nSPS) is 15.3. The Morgan fingerprint density at radius 2 is 1.94 bits per heavy atom. The Balaban J connectivity index is 0.000000188. The van der Waals surface area contributed by atoms with Crippen molar-refractivity contribution in [3.63, 3.8) is 0 Å². The maximum atomic E-state index is 8.83. The zero-order chi connectivity index (χ0) is 12.5. The molecule has 5 nitrogen and oxygen atoms in total. The van der Waals surface area contributed by atoms with Gasteiger partial charge in [-0.25, -0.2) is 0 Å². The molecule has 0 radical (unpaired) electrons. The number of rotatable bonds is 0. The minimum atomic E-state index is -4.19. The van der Waals surface area contributed by atoms with E-state index in [0.717, 1.165) is 0 Å². The molecule has 0 bridgehead atoms. The number of pyridine rings is 1. The zero-order valence-corrected chi connectivity index (χ0v) is 10.5. The molecule has 0 aliphatic heterocycles. The molecule has 0 unspecified atom stereocenters. The summed E-state index contributed by atoms with van der Waals surface area (Å²) in [6.45, 7) is 0. The zero-order valence-electron chi connectivity index (χ0n) is 8.91. The molecular formula is C10H13ClNO4S+. The summed E-state index contributed by atoms with van der Waals surface area (Å²) in [4.78, 5) is 2.99. The molecular weight excluding hydrogens is 266 g/mol. The Morgan fingerprint density at radius 3 is 2.65 bits per heavy atom. The maximum absolute atomic E-state index is 8.83. The third kappa shape index (κ3) is 3.35. The van der Waals surface area contributed by atoms with Gasteiger partial charge in [0.1, 0.15) is 0 Å². The molecule has 0 spiro atoms. The summed E-state index contributed by atoms with van der Waals surface area (Å²) in [6, 6.07) is 6.42. The van der Waals surface area contributed by atoms with Gasteiger partial charge in [-0.1, -0.05) is 11.3 Å². The van der Waals surface area contributed by atoms with Crippen molar-refractivity contribution in [2.45, 2.75) is 19.3 Å². The quantitative estimate of drug-likeness (QED) is 0.546. The van der Waals surface area contributed by atoms with Crippen LogP contribution in [0, 0.1) is 10.2 Å². The number of nitrogens with zero attached hydrogens (tertiary/aromatic N) is 1. The van der Waals surface area contributed by atoms with E-state index in [2.05, 4.69) is 28.8 Å². The Kier molecular flexibility index (Phi) is 3.62. The third-order valence-electron chi connectivity index (χ3n) is 2.48. The van der Waals surface area contributed by atoms with Gasteiger partial charge >= 0.3 is 28.9 Å². The van der Waals surface area contributed by atoms with E-state index in [4.69, 9.17) is 18.6 Å². The fourth-order valence-electron chi connectivity index (χ4n) is 1.92. The van der Waals surface area contributed by atoms with Crippen molar-refractivity contribution in [2.24, 2.45) is 0 Å². The van der Waals surface area contributed by atoms with Crippen molar-refractivity contribution in [2.75, 3.05) is 0 Å². The van der Waals surface area contributed by atoms with Gasteiger partial charge < -0.3 is 0 Å². The average Bonchev–Trinajstić information content (AvgIpc) is 2.73. The van der Waals surface area contributed by atoms with Crippen molar-refractivity contribution < 1.29 is 33.3 Å². The summed E-state index contributed by atoms with van der Waals surface area (Å²) in [5.41, 5.74) is 1.55. The smallest absolute Gasteiger partial charge is 0.154 e. The van der Waals surface area contributed by atoms with Gasteiger partial charge in [0.05, 0.1) is 4.88 Å². The summed E-state index contributed by atoms with van der Waals surface area (Å²) < 4.78 is 32.6. The average molecular weight is 279 g/mol. The predicted octanol–water partition coefficient (Wildman–Crippen LogP) is -0.885. The molecule has 2 aromatic heterocycles. The molecule has 3 N–H and O–H groups in total. The van der Waals surface area contributed by atoms with E-state index in [1.165, 1.54) is 24.1 Å². The van der Waals surface area contributed by atoms with E-state index in [1.807, 2.05) is 11.3 Å². The second-order valence-electron chi connectivity index (χ2n) is 3.67. The van der Waals surface area contributed by atoms with Gasteiger partial charge in [0.2, 0.25) is 5.69 Å². The minimum Gasteiger partial charge on any atom is -0.154 e. The molecule has 0 fully saturated rings. The van der Waals surface area contributed by atoms with Crippen LogP contribution >= 0.6 is 11.3 Å². The van der Waals surface area contributed by atoms with Crippen LogP contribution in [0.2, 0.25) is 0 Å². The maximum Gasteiger partial charge on any atom is 0.267 e. The standard InChI is InChI=1S/C10H10NS.ClH3O4/c1-2-7-11-8-4-3-5-9(8)12-10(11)6-1;2-1(3,4)5/h1-2,6-7H,3-5H2;2-4H/q+1;. The van der Waals surface area contributed by atoms with Gasteiger partial charge in [-0.2, -0.15) is 4.40 Å². The van der Waals surface area contributed by atoms with Gasteiger partial charge in [-0.15, -0.1) is 0 Å². The molecule has 1 aliphatic carbocycles. The number of hydrogen-bond donors (Lipinski definition) is 3. The first kappa shape index (κ1) is 12.7. The fraction of sp³-hybridized carbons (Fsp3) is 0.300. The van der Waals surface area contributed by atoms with E-state index in [9.17, 15) is 0 Å². The topological polar surface area (TPSA) is 87.8 Å². The van der Waals surface area contributed by atoms with Crippen molar-refractivity contribution in [3.05, 3.63) is 35.0 Å². The molecule has 0 amide bonds. The summed E-state index contributed by atoms with van der Waals surface area (Å²) in [5, 5.41) is 0. The van der Waals surface area contributed by atoms with E-state index in [1.54, 1.807) is 10.6 Å². The molecule has 7 heteroatoms. The summed E-state index contributed by atoms with van der Waals surface area (Å²) in [5.74, 6) is 0. The summed E-state index contributed by atoms with van der Waals surface area (Å²) >= 11 is 1.95. The van der Waals surface area contributed by atoms with Gasteiger partial charge in [-0.3, -0.25) is 0 Å². The molecule has 0 saturated carbocycles. The van der Waals surface area contributed by atoms with E-state index in [-0.39, 0.29) is 0 Å². The van der Waals surface area contributed by atoms with Gasteiger partial charge in [0.25, 0.3) is 4.83 Å². The van der Waals surface area contributed by atoms with Crippen LogP contribution in [0.4, 0.5) is 0 Å². The first-order chi connectivity index (χ1) is 7.95. The molecule has 1 aliphatic rings. The fourth-order valence-corrected chi connectivity index (χ4v) is 3.16. The monoisotopic (exact) mass is 278 g/mol. The van der Waals surface area contributed by atoms with Crippen LogP contribution in [0.25, 0.3) is 4.83 Å². The molecule has 2 heterocycles. The number of hydrogen-bond acceptors (Lipinski definition) is 5. The molecule has 17 heavy (non-hydrogen) atoms. The first-order valence-corrected chi connectivity index (χ1v) is 7.16. The molecule has 0 atom stereocenters. The number of aryl methyl sites for hydroxylation is 2. The minimum absolute atomic E-state index is 1.27. The summed E-state index contributed by atoms with van der Waals surface area (Å²) in [6.07, 6.45) is 6.08. The molecule has 3 rings (SSSR count). The molecule has 94 valence electrons. The summed E-state index contributed by atoms with van der Waals surface area (Å²) in [7, 11) is -4.19. The Bertz CT molecular complexity index is 516. The second kappa shape index (κ2) is 4.85. The predicted molar refractivity (Wildman–Crippen MR) is 56.2 cm³/mol. The van der Waals surface area contributed by atoms with Crippen molar-refractivity contribution in [3.8, 4) is 0 Å². The second-order valence-corrected chi connectivity index (χ2v) is 5.65. The van der Waals surface area contributed by atoms with Crippen LogP contribution in [0.5, 0.6) is 0 Å². The van der Waals surface area contributed by atoms with Gasteiger partial charge in [0.15, 0.2) is 6.20 Å². The van der Waals surface area contributed by atoms with Crippen LogP contribution in [0.15, 0.2) is 24.4 Å². The van der Waals surface area contributed by atoms with Crippen molar-refractivity contribution in [1.82, 2.24) is 0 Å². The van der Waals surface area contributed by atoms with Crippen LogP contribution in [0.1, 0.15) is 17.0 Å². The molecule has 0 aromatic carbocycles. The Morgan fingerprint density at radius 1 is 1.24 bits per heavy atom. The van der Waals surface area contributed by atoms with E-state index >= 15 is 0 Å². The van der Waals surface area contributed by atoms with Crippen LogP contribution in [-0.4, -0.2) is 14.0 Å². The Hall–Kier alpha value is -0.760. The van der Waals surface area contributed by atoms with E-state index in [0.29, 0.717) is 0 Å². The largest absolute Gasteiger partial charge is 0.267 e. The third-order valence-corrected chi connectivity index (χ3v) is 3.71. The van der Waals surface area contributed by atoms with Crippen LogP contribution in [-0.2, 0) is 12.8 Å². The van der Waals surface area contributed by atoms with Crippen molar-refractivity contribution >= 4 is 16.2 Å². The van der Waals surface area contributed by atoms with Gasteiger partial charge in [-0.05, 0) is 18.9 Å². The first-order valence-electron chi connectivity index (χ1n) is 5.02. The SMILES string of the molecule is [O-][Cl+](O)(O)O.c1cc[n+]2c3c(sc2c1)CCC3. The van der Waals surface area contributed by atoms with Crippen LogP contribution < -0.4 is 9.06 Å². The van der Waals surface area contributed by atoms with Crippen LogP contribution in [0.3, 0.4) is 0 Å². The Labute approximate surface area is 104 Å². The number of aromatic nitrogens is 1. The van der Waals surface area contributed by atoms with E-state index < -0.39 is 10.2 Å². The van der Waals surface area contributed by atoms with Crippen molar-refractivity contribution in [1.29, 1.82) is 0 Å². The molecule has 0 saturated heterocycles. The number of halogens is 1. The van der Waals surface area contributed by atoms with Gasteiger partial charge in [0, 0.05) is 18.6 Å². The molecule has 2 aromatic rings. The number of thiazole rings is 1. The number of fused-ring (bicyclic) bond motifs is 3.